The minimum Gasteiger partial charge on any atom is -0.486 e. The number of nitrogens with one attached hydrogen (secondary N) is 1. The molecular formula is C20H24N2O4. The maximum atomic E-state index is 11.9. The molecule has 0 spiro atoms. The Morgan fingerprint density at radius 1 is 1.42 bits per heavy atom. The Morgan fingerprint density at radius 2 is 2.23 bits per heavy atom. The molecule has 138 valence electrons. The fourth-order valence-corrected chi connectivity index (χ4v) is 3.36. The van der Waals surface area contributed by atoms with E-state index in [9.17, 15) is 4.79 Å². The standard InChI is InChI=1S/C20H24N2O4/c1-13-10-15-12-25-9-8-18(15)19(13)14(2)26-17-7-5-6-16(11-17)21-20(23)22(3)24-4/h5-9,11-14H,10H2,1-4H3,(H,21,23). The van der Waals surface area contributed by atoms with E-state index in [0.29, 0.717) is 17.4 Å². The van der Waals surface area contributed by atoms with Crippen molar-refractivity contribution in [2.75, 3.05) is 19.5 Å². The van der Waals surface area contributed by atoms with Crippen LogP contribution in [0, 0.1) is 5.92 Å². The van der Waals surface area contributed by atoms with E-state index in [1.165, 1.54) is 23.8 Å². The molecule has 26 heavy (non-hydrogen) atoms. The molecular weight excluding hydrogens is 332 g/mol. The van der Waals surface area contributed by atoms with Crippen LogP contribution < -0.4 is 10.1 Å². The van der Waals surface area contributed by atoms with Gasteiger partial charge in [-0.25, -0.2) is 9.86 Å². The minimum absolute atomic E-state index is 0.0822. The van der Waals surface area contributed by atoms with Gasteiger partial charge in [-0.2, -0.15) is 0 Å². The molecule has 2 unspecified atom stereocenters. The lowest BCUT2D eigenvalue weighted by Crippen LogP contribution is -2.30. The molecule has 1 aromatic rings. The molecule has 6 nitrogen and oxygen atoms in total. The highest BCUT2D eigenvalue weighted by atomic mass is 16.7. The molecule has 1 heterocycles. The molecule has 1 aliphatic heterocycles. The molecule has 0 bridgehead atoms. The summed E-state index contributed by atoms with van der Waals surface area (Å²) >= 11 is 0. The van der Waals surface area contributed by atoms with Gasteiger partial charge >= 0.3 is 6.03 Å². The molecule has 0 aromatic heterocycles. The summed E-state index contributed by atoms with van der Waals surface area (Å²) in [5.74, 6) is 1.10. The van der Waals surface area contributed by atoms with Gasteiger partial charge in [0, 0.05) is 18.8 Å². The number of carbonyl (C=O) groups excluding carboxylic acids is 1. The second-order valence-corrected chi connectivity index (χ2v) is 6.45. The molecule has 1 N–H and O–H groups in total. The van der Waals surface area contributed by atoms with E-state index >= 15 is 0 Å². The summed E-state index contributed by atoms with van der Waals surface area (Å²) < 4.78 is 11.5. The Morgan fingerprint density at radius 3 is 3.00 bits per heavy atom. The van der Waals surface area contributed by atoms with Crippen molar-refractivity contribution in [2.24, 2.45) is 5.92 Å². The fraction of sp³-hybridized carbons (Fsp3) is 0.350. The van der Waals surface area contributed by atoms with E-state index in [0.717, 1.165) is 11.5 Å². The lowest BCUT2D eigenvalue weighted by molar-refractivity contribution is -0.0598. The van der Waals surface area contributed by atoms with Crippen LogP contribution in [-0.2, 0) is 9.57 Å². The number of carbonyl (C=O) groups is 1. The number of allylic oxidation sites excluding steroid dienone is 3. The molecule has 3 rings (SSSR count). The van der Waals surface area contributed by atoms with Gasteiger partial charge in [0.2, 0.25) is 0 Å². The van der Waals surface area contributed by atoms with Crippen LogP contribution in [0.15, 0.2) is 59.6 Å². The number of hydroxylamine groups is 2. The van der Waals surface area contributed by atoms with Crippen molar-refractivity contribution in [1.29, 1.82) is 0 Å². The number of fused-ring (bicyclic) bond motifs is 1. The molecule has 0 radical (unpaired) electrons. The summed E-state index contributed by atoms with van der Waals surface area (Å²) in [4.78, 5) is 16.8. The molecule has 2 aliphatic rings. The van der Waals surface area contributed by atoms with Crippen molar-refractivity contribution in [1.82, 2.24) is 5.06 Å². The molecule has 1 aromatic carbocycles. The van der Waals surface area contributed by atoms with Gasteiger partial charge in [-0.1, -0.05) is 13.0 Å². The molecule has 2 amide bonds. The van der Waals surface area contributed by atoms with Crippen LogP contribution in [0.25, 0.3) is 0 Å². The first kappa shape index (κ1) is 18.1. The van der Waals surface area contributed by atoms with Gasteiger partial charge in [-0.15, -0.1) is 0 Å². The van der Waals surface area contributed by atoms with Crippen LogP contribution in [0.1, 0.15) is 20.3 Å². The van der Waals surface area contributed by atoms with Crippen molar-refractivity contribution in [3.63, 3.8) is 0 Å². The summed E-state index contributed by atoms with van der Waals surface area (Å²) in [6.45, 7) is 4.25. The van der Waals surface area contributed by atoms with Gasteiger partial charge in [-0.05, 0) is 54.2 Å². The van der Waals surface area contributed by atoms with Crippen LogP contribution in [0.4, 0.5) is 10.5 Å². The highest BCUT2D eigenvalue weighted by Gasteiger charge is 2.30. The minimum atomic E-state index is -0.353. The van der Waals surface area contributed by atoms with E-state index in [2.05, 4.69) is 19.2 Å². The Hall–Kier alpha value is -2.73. The number of amides is 2. The Kier molecular flexibility index (Phi) is 5.32. The molecule has 1 aliphatic carbocycles. The lowest BCUT2D eigenvalue weighted by Gasteiger charge is -2.21. The molecule has 2 atom stereocenters. The van der Waals surface area contributed by atoms with Crippen LogP contribution in [0.2, 0.25) is 0 Å². The molecule has 0 saturated carbocycles. The van der Waals surface area contributed by atoms with Crippen molar-refractivity contribution < 1.29 is 19.1 Å². The fourth-order valence-electron chi connectivity index (χ4n) is 3.36. The van der Waals surface area contributed by atoms with E-state index < -0.39 is 0 Å². The van der Waals surface area contributed by atoms with E-state index in [1.807, 2.05) is 24.5 Å². The maximum absolute atomic E-state index is 11.9. The van der Waals surface area contributed by atoms with E-state index in [-0.39, 0.29) is 12.1 Å². The molecule has 0 saturated heterocycles. The Labute approximate surface area is 153 Å². The highest BCUT2D eigenvalue weighted by molar-refractivity contribution is 5.88. The number of hydrogen-bond donors (Lipinski definition) is 1. The smallest absolute Gasteiger partial charge is 0.345 e. The van der Waals surface area contributed by atoms with Crippen LogP contribution in [0.5, 0.6) is 5.75 Å². The summed E-state index contributed by atoms with van der Waals surface area (Å²) in [7, 11) is 2.98. The first-order valence-corrected chi connectivity index (χ1v) is 8.60. The predicted molar refractivity (Wildman–Crippen MR) is 99.4 cm³/mol. The summed E-state index contributed by atoms with van der Waals surface area (Å²) in [5, 5.41) is 3.88. The van der Waals surface area contributed by atoms with Gasteiger partial charge in [0.15, 0.2) is 0 Å². The topological polar surface area (TPSA) is 60.0 Å². The summed E-state index contributed by atoms with van der Waals surface area (Å²) in [5.41, 5.74) is 4.34. The Balaban J connectivity index is 1.74. The van der Waals surface area contributed by atoms with Crippen molar-refractivity contribution >= 4 is 11.7 Å². The average molecular weight is 356 g/mol. The van der Waals surface area contributed by atoms with Gasteiger partial charge < -0.3 is 14.8 Å². The lowest BCUT2D eigenvalue weighted by atomic mass is 9.98. The number of rotatable bonds is 5. The normalized spacial score (nSPS) is 19.4. The van der Waals surface area contributed by atoms with Gasteiger partial charge in [0.25, 0.3) is 0 Å². The quantitative estimate of drug-likeness (QED) is 0.802. The summed E-state index contributed by atoms with van der Waals surface area (Å²) in [6.07, 6.45) is 6.40. The number of anilines is 1. The van der Waals surface area contributed by atoms with Crippen LogP contribution >= 0.6 is 0 Å². The SMILES string of the molecule is CON(C)C(=O)Nc1cccc(OC(C)C2=C3C=COC=C3CC2C)c1. The zero-order valence-corrected chi connectivity index (χ0v) is 15.5. The van der Waals surface area contributed by atoms with Gasteiger partial charge in [-0.3, -0.25) is 4.84 Å². The van der Waals surface area contributed by atoms with Crippen molar-refractivity contribution in [3.8, 4) is 5.75 Å². The third-order valence-corrected chi connectivity index (χ3v) is 4.63. The predicted octanol–water partition coefficient (Wildman–Crippen LogP) is 4.24. The number of hydrogen-bond acceptors (Lipinski definition) is 4. The first-order valence-electron chi connectivity index (χ1n) is 8.60. The number of benzene rings is 1. The Bertz CT molecular complexity index is 782. The second-order valence-electron chi connectivity index (χ2n) is 6.45. The van der Waals surface area contributed by atoms with Crippen molar-refractivity contribution in [2.45, 2.75) is 26.4 Å². The number of ether oxygens (including phenoxy) is 2. The second kappa shape index (κ2) is 7.66. The van der Waals surface area contributed by atoms with Crippen LogP contribution in [0.3, 0.4) is 0 Å². The summed E-state index contributed by atoms with van der Waals surface area (Å²) in [6, 6.07) is 6.99. The molecule has 6 heteroatoms. The maximum Gasteiger partial charge on any atom is 0.345 e. The van der Waals surface area contributed by atoms with Crippen LogP contribution in [-0.4, -0.2) is 31.4 Å². The largest absolute Gasteiger partial charge is 0.486 e. The third-order valence-electron chi connectivity index (χ3n) is 4.63. The highest BCUT2D eigenvalue weighted by Crippen LogP contribution is 2.41. The third kappa shape index (κ3) is 3.75. The van der Waals surface area contributed by atoms with E-state index in [1.54, 1.807) is 25.4 Å². The zero-order valence-electron chi connectivity index (χ0n) is 15.5. The number of urea groups is 1. The monoisotopic (exact) mass is 356 g/mol. The van der Waals surface area contributed by atoms with E-state index in [4.69, 9.17) is 14.3 Å². The average Bonchev–Trinajstić information content (AvgIpc) is 2.97. The van der Waals surface area contributed by atoms with Crippen molar-refractivity contribution in [3.05, 3.63) is 59.6 Å². The zero-order chi connectivity index (χ0) is 18.7. The van der Waals surface area contributed by atoms with Gasteiger partial charge in [0.05, 0.1) is 19.6 Å². The first-order chi connectivity index (χ1) is 12.5. The molecule has 0 fully saturated rings. The van der Waals surface area contributed by atoms with Gasteiger partial charge in [0.1, 0.15) is 11.9 Å². The number of nitrogens with zero attached hydrogens (tertiary/aromatic N) is 1.